The minimum atomic E-state index is -1.05. The first kappa shape index (κ1) is 19.0. The number of rotatable bonds is 6. The molecule has 1 fully saturated rings. The molecule has 27 heavy (non-hydrogen) atoms. The number of hydrogen-bond donors (Lipinski definition) is 1. The summed E-state index contributed by atoms with van der Waals surface area (Å²) in [4.78, 5) is 29.3. The number of nitrogens with zero attached hydrogens (tertiary/aromatic N) is 3. The number of likely N-dealkylation sites (tertiary alicyclic amines) is 1. The van der Waals surface area contributed by atoms with Gasteiger partial charge in [-0.15, -0.1) is 0 Å². The molecule has 2 aromatic rings. The molecule has 0 radical (unpaired) electrons. The quantitative estimate of drug-likeness (QED) is 0.818. The molecule has 1 N–H and O–H groups in total. The summed E-state index contributed by atoms with van der Waals surface area (Å²) >= 11 is 0. The van der Waals surface area contributed by atoms with Crippen molar-refractivity contribution in [3.05, 3.63) is 35.5 Å². The van der Waals surface area contributed by atoms with Crippen molar-refractivity contribution in [2.24, 2.45) is 0 Å². The number of amides is 1. The van der Waals surface area contributed by atoms with Gasteiger partial charge in [0.25, 0.3) is 0 Å². The molecule has 0 saturated carbocycles. The van der Waals surface area contributed by atoms with Crippen LogP contribution in [-0.4, -0.2) is 57.8 Å². The van der Waals surface area contributed by atoms with E-state index in [4.69, 9.17) is 9.26 Å². The lowest BCUT2D eigenvalue weighted by Crippen LogP contribution is -2.40. The second kappa shape index (κ2) is 7.83. The molecule has 144 valence electrons. The molecule has 2 unspecified atom stereocenters. The summed E-state index contributed by atoms with van der Waals surface area (Å²) in [5, 5.41) is 13.1. The van der Waals surface area contributed by atoms with Crippen molar-refractivity contribution in [2.45, 2.75) is 38.3 Å². The second-order valence-corrected chi connectivity index (χ2v) is 6.47. The van der Waals surface area contributed by atoms with Crippen LogP contribution in [0.4, 0.5) is 4.39 Å². The highest BCUT2D eigenvalue weighted by atomic mass is 19.1. The van der Waals surface area contributed by atoms with E-state index in [1.165, 1.54) is 18.1 Å². The normalized spacial score (nSPS) is 19.4. The fraction of sp³-hybridized carbons (Fsp3) is 0.444. The lowest BCUT2D eigenvalue weighted by molar-refractivity contribution is -0.148. The van der Waals surface area contributed by atoms with E-state index in [1.807, 2.05) is 0 Å². The van der Waals surface area contributed by atoms with Crippen LogP contribution in [0.3, 0.4) is 0 Å². The minimum absolute atomic E-state index is 0.0319. The van der Waals surface area contributed by atoms with Gasteiger partial charge in [0.15, 0.2) is 0 Å². The number of benzene rings is 1. The number of aryl methyl sites for hydroxylation is 2. The number of hydrogen-bond acceptors (Lipinski definition) is 6. The number of aromatic nitrogens is 2. The molecule has 0 bridgehead atoms. The van der Waals surface area contributed by atoms with Gasteiger partial charge in [0.2, 0.25) is 17.6 Å². The summed E-state index contributed by atoms with van der Waals surface area (Å²) in [6.45, 7) is 1.90. The largest absolute Gasteiger partial charge is 0.480 e. The smallest absolute Gasteiger partial charge is 0.326 e. The van der Waals surface area contributed by atoms with E-state index in [2.05, 4.69) is 10.1 Å². The summed E-state index contributed by atoms with van der Waals surface area (Å²) in [6, 6.07) is 3.73. The number of carbonyl (C=O) groups excluding carboxylic acids is 1. The van der Waals surface area contributed by atoms with Crippen LogP contribution < -0.4 is 0 Å². The van der Waals surface area contributed by atoms with E-state index in [1.54, 1.807) is 19.1 Å². The van der Waals surface area contributed by atoms with Gasteiger partial charge in [-0.05, 0) is 18.6 Å². The first-order valence-corrected chi connectivity index (χ1v) is 8.53. The molecular formula is C18H20FN3O5. The van der Waals surface area contributed by atoms with Crippen molar-refractivity contribution in [1.29, 1.82) is 0 Å². The average Bonchev–Trinajstić information content (AvgIpc) is 3.29. The van der Waals surface area contributed by atoms with Gasteiger partial charge in [-0.2, -0.15) is 4.98 Å². The van der Waals surface area contributed by atoms with Crippen LogP contribution in [0, 0.1) is 12.7 Å². The molecule has 1 saturated heterocycles. The maximum Gasteiger partial charge on any atom is 0.326 e. The molecule has 0 spiro atoms. The number of halogens is 1. The van der Waals surface area contributed by atoms with Gasteiger partial charge < -0.3 is 19.3 Å². The van der Waals surface area contributed by atoms with Crippen molar-refractivity contribution in [3.63, 3.8) is 0 Å². The number of aliphatic carboxylic acids is 1. The van der Waals surface area contributed by atoms with Crippen molar-refractivity contribution >= 4 is 11.9 Å². The van der Waals surface area contributed by atoms with Gasteiger partial charge in [-0.25, -0.2) is 9.18 Å². The molecule has 2 atom stereocenters. The van der Waals surface area contributed by atoms with Crippen LogP contribution in [0.2, 0.25) is 0 Å². The van der Waals surface area contributed by atoms with Crippen LogP contribution in [0.1, 0.15) is 24.3 Å². The first-order chi connectivity index (χ1) is 12.9. The Balaban J connectivity index is 1.63. The highest BCUT2D eigenvalue weighted by molar-refractivity contribution is 5.84. The molecular weight excluding hydrogens is 357 g/mol. The molecule has 1 aromatic heterocycles. The van der Waals surface area contributed by atoms with E-state index in [9.17, 15) is 19.1 Å². The lowest BCUT2D eigenvalue weighted by atomic mass is 10.1. The van der Waals surface area contributed by atoms with Crippen molar-refractivity contribution in [2.75, 3.05) is 13.7 Å². The molecule has 2 heterocycles. The van der Waals surface area contributed by atoms with Crippen molar-refractivity contribution < 1.29 is 28.3 Å². The van der Waals surface area contributed by atoms with Crippen LogP contribution in [0.25, 0.3) is 11.4 Å². The highest BCUT2D eigenvalue weighted by Crippen LogP contribution is 2.22. The Bertz CT molecular complexity index is 853. The van der Waals surface area contributed by atoms with Crippen LogP contribution in [0.5, 0.6) is 0 Å². The Morgan fingerprint density at radius 2 is 2.22 bits per heavy atom. The molecule has 0 aliphatic carbocycles. The summed E-state index contributed by atoms with van der Waals surface area (Å²) in [7, 11) is 1.49. The summed E-state index contributed by atoms with van der Waals surface area (Å²) in [5.41, 5.74) is 0.994. The molecule has 9 heteroatoms. The predicted octanol–water partition coefficient (Wildman–Crippen LogP) is 1.82. The summed E-state index contributed by atoms with van der Waals surface area (Å²) in [6.07, 6.45) is 0.174. The molecule has 1 amide bonds. The van der Waals surface area contributed by atoms with Crippen LogP contribution >= 0.6 is 0 Å². The average molecular weight is 377 g/mol. The number of carboxylic acid groups (broad SMARTS) is 1. The Morgan fingerprint density at radius 1 is 1.44 bits per heavy atom. The van der Waals surface area contributed by atoms with E-state index in [0.29, 0.717) is 11.1 Å². The van der Waals surface area contributed by atoms with Crippen molar-refractivity contribution in [3.8, 4) is 11.4 Å². The first-order valence-electron chi connectivity index (χ1n) is 8.53. The van der Waals surface area contributed by atoms with E-state index < -0.39 is 12.0 Å². The Morgan fingerprint density at radius 3 is 2.89 bits per heavy atom. The zero-order valence-electron chi connectivity index (χ0n) is 15.0. The fourth-order valence-electron chi connectivity index (χ4n) is 3.04. The Kier molecular flexibility index (Phi) is 5.50. The maximum atomic E-state index is 13.7. The van der Waals surface area contributed by atoms with Crippen LogP contribution in [-0.2, 0) is 20.7 Å². The van der Waals surface area contributed by atoms with Crippen LogP contribution in [0.15, 0.2) is 22.7 Å². The number of carboxylic acids is 1. The third kappa shape index (κ3) is 4.13. The molecule has 8 nitrogen and oxygen atoms in total. The number of methoxy groups -OCH3 is 1. The predicted molar refractivity (Wildman–Crippen MR) is 91.3 cm³/mol. The molecule has 1 aliphatic heterocycles. The lowest BCUT2D eigenvalue weighted by Gasteiger charge is -2.20. The van der Waals surface area contributed by atoms with E-state index in [0.717, 1.165) is 0 Å². The van der Waals surface area contributed by atoms with Gasteiger partial charge in [0.1, 0.15) is 11.9 Å². The van der Waals surface area contributed by atoms with Gasteiger partial charge in [0, 0.05) is 38.5 Å². The van der Waals surface area contributed by atoms with Crippen molar-refractivity contribution in [1.82, 2.24) is 15.0 Å². The monoisotopic (exact) mass is 377 g/mol. The second-order valence-electron chi connectivity index (χ2n) is 6.47. The number of ether oxygens (including phenoxy) is 1. The fourth-order valence-corrected chi connectivity index (χ4v) is 3.04. The topological polar surface area (TPSA) is 106 Å². The highest BCUT2D eigenvalue weighted by Gasteiger charge is 2.39. The van der Waals surface area contributed by atoms with Gasteiger partial charge in [-0.1, -0.05) is 17.3 Å². The SMILES string of the molecule is COC1CC(C(=O)O)N(C(=O)CCc2nc(-c3ccc(C)c(F)c3)no2)C1. The standard InChI is InChI=1S/C18H20FN3O5/c1-10-3-4-11(7-13(10)19)17-20-15(27-21-17)5-6-16(23)22-9-12(26-2)8-14(22)18(24)25/h3-4,7,12,14H,5-6,8-9H2,1-2H3,(H,24,25). The molecule has 3 rings (SSSR count). The summed E-state index contributed by atoms with van der Waals surface area (Å²) in [5.74, 6) is -1.27. The third-order valence-electron chi connectivity index (χ3n) is 4.65. The van der Waals surface area contributed by atoms with E-state index in [-0.39, 0.29) is 55.4 Å². The third-order valence-corrected chi connectivity index (χ3v) is 4.65. The zero-order valence-corrected chi connectivity index (χ0v) is 15.0. The Labute approximate surface area is 154 Å². The Hall–Kier alpha value is -2.81. The van der Waals surface area contributed by atoms with Gasteiger partial charge in [0.05, 0.1) is 6.10 Å². The summed E-state index contributed by atoms with van der Waals surface area (Å²) < 4.78 is 24.0. The zero-order chi connectivity index (χ0) is 19.6. The molecule has 1 aromatic carbocycles. The number of carbonyl (C=O) groups is 2. The van der Waals surface area contributed by atoms with Gasteiger partial charge >= 0.3 is 5.97 Å². The molecule has 1 aliphatic rings. The van der Waals surface area contributed by atoms with E-state index >= 15 is 0 Å². The minimum Gasteiger partial charge on any atom is -0.480 e. The maximum absolute atomic E-state index is 13.7. The van der Waals surface area contributed by atoms with Gasteiger partial charge in [-0.3, -0.25) is 4.79 Å².